The second-order valence-electron chi connectivity index (χ2n) is 3.05. The molecule has 1 unspecified atom stereocenters. The van der Waals surface area contributed by atoms with E-state index in [0.717, 1.165) is 38.9 Å². The summed E-state index contributed by atoms with van der Waals surface area (Å²) in [6.45, 7) is 5.52. The van der Waals surface area contributed by atoms with Gasteiger partial charge in [0.1, 0.15) is 6.79 Å². The summed E-state index contributed by atoms with van der Waals surface area (Å²) in [6.07, 6.45) is 4.31. The van der Waals surface area contributed by atoms with Crippen molar-refractivity contribution in [3.8, 4) is 0 Å². The first-order valence-electron chi connectivity index (χ1n) is 5.15. The second-order valence-corrected chi connectivity index (χ2v) is 3.05. The minimum absolute atomic E-state index is 0.167. The summed E-state index contributed by atoms with van der Waals surface area (Å²) in [6, 6.07) is 0. The first-order valence-corrected chi connectivity index (χ1v) is 5.15. The van der Waals surface area contributed by atoms with Crippen LogP contribution >= 0.6 is 0 Å². The monoisotopic (exact) mass is 190 g/mol. The average molecular weight is 190 g/mol. The predicted molar refractivity (Wildman–Crippen MR) is 52.6 cm³/mol. The molecule has 1 atom stereocenters. The van der Waals surface area contributed by atoms with E-state index < -0.39 is 0 Å². The highest BCUT2D eigenvalue weighted by molar-refractivity contribution is 4.56. The van der Waals surface area contributed by atoms with E-state index in [1.165, 1.54) is 0 Å². The Balaban J connectivity index is 3.33. The second kappa shape index (κ2) is 9.96. The Bertz CT molecular complexity index is 90.2. The summed E-state index contributed by atoms with van der Waals surface area (Å²) in [7, 11) is 0. The van der Waals surface area contributed by atoms with Crippen LogP contribution in [-0.2, 0) is 9.47 Å². The third kappa shape index (κ3) is 8.22. The summed E-state index contributed by atoms with van der Waals surface area (Å²) in [5.74, 6) is 0. The van der Waals surface area contributed by atoms with Gasteiger partial charge in [0.2, 0.25) is 0 Å². The third-order valence-electron chi connectivity index (χ3n) is 1.94. The number of rotatable bonds is 9. The maximum Gasteiger partial charge on any atom is 0.143 e. The number of aliphatic hydroxyl groups is 1. The minimum atomic E-state index is -0.167. The molecule has 0 bridgehead atoms. The van der Waals surface area contributed by atoms with E-state index in [1.54, 1.807) is 0 Å². The van der Waals surface area contributed by atoms with Crippen molar-refractivity contribution in [1.29, 1.82) is 0 Å². The molecular formula is C10H22O3. The van der Waals surface area contributed by atoms with E-state index in [-0.39, 0.29) is 12.9 Å². The molecule has 0 heterocycles. The molecule has 0 aliphatic rings. The number of aliphatic hydroxyl groups excluding tert-OH is 1. The van der Waals surface area contributed by atoms with Gasteiger partial charge < -0.3 is 14.6 Å². The molecule has 1 N–H and O–H groups in total. The van der Waals surface area contributed by atoms with E-state index in [2.05, 4.69) is 6.92 Å². The van der Waals surface area contributed by atoms with Crippen LogP contribution in [0.25, 0.3) is 0 Å². The first-order chi connectivity index (χ1) is 6.35. The molecule has 0 aliphatic carbocycles. The molecule has 0 radical (unpaired) electrons. The van der Waals surface area contributed by atoms with Crippen LogP contribution in [0.5, 0.6) is 0 Å². The smallest absolute Gasteiger partial charge is 0.143 e. The lowest BCUT2D eigenvalue weighted by Crippen LogP contribution is -2.14. The van der Waals surface area contributed by atoms with Crippen molar-refractivity contribution < 1.29 is 14.6 Å². The predicted octanol–water partition coefficient (Wildman–Crippen LogP) is 1.94. The van der Waals surface area contributed by atoms with Crippen molar-refractivity contribution >= 4 is 0 Å². The van der Waals surface area contributed by atoms with Crippen LogP contribution in [-0.4, -0.2) is 31.2 Å². The lowest BCUT2D eigenvalue weighted by atomic mass is 10.1. The van der Waals surface area contributed by atoms with E-state index in [9.17, 15) is 0 Å². The maximum atomic E-state index is 8.61. The molecule has 0 saturated heterocycles. The molecule has 0 rings (SSSR count). The quantitative estimate of drug-likeness (QED) is 0.446. The molecule has 0 aromatic rings. The lowest BCUT2D eigenvalue weighted by Gasteiger charge is -2.15. The van der Waals surface area contributed by atoms with E-state index in [1.807, 2.05) is 6.92 Å². The van der Waals surface area contributed by atoms with Gasteiger partial charge in [-0.25, -0.2) is 0 Å². The van der Waals surface area contributed by atoms with Gasteiger partial charge in [-0.1, -0.05) is 13.3 Å². The van der Waals surface area contributed by atoms with E-state index in [4.69, 9.17) is 14.6 Å². The molecule has 0 fully saturated rings. The fraction of sp³-hybridized carbons (Fsp3) is 1.00. The van der Waals surface area contributed by atoms with Gasteiger partial charge in [-0.3, -0.25) is 0 Å². The average Bonchev–Trinajstić information content (AvgIpc) is 2.13. The number of hydrogen-bond acceptors (Lipinski definition) is 3. The first kappa shape index (κ1) is 12.9. The number of ether oxygens (including phenoxy) is 2. The third-order valence-corrected chi connectivity index (χ3v) is 1.94. The SMILES string of the molecule is CCCC(CCCOCC)OCO. The Kier molecular flexibility index (Phi) is 9.87. The van der Waals surface area contributed by atoms with Crippen molar-refractivity contribution in [2.75, 3.05) is 20.0 Å². The van der Waals surface area contributed by atoms with Gasteiger partial charge in [0, 0.05) is 13.2 Å². The topological polar surface area (TPSA) is 38.7 Å². The van der Waals surface area contributed by atoms with Crippen LogP contribution in [0.15, 0.2) is 0 Å². The van der Waals surface area contributed by atoms with E-state index >= 15 is 0 Å². The Morgan fingerprint density at radius 1 is 1.23 bits per heavy atom. The van der Waals surface area contributed by atoms with Crippen molar-refractivity contribution in [3.05, 3.63) is 0 Å². The van der Waals surface area contributed by atoms with Crippen molar-refractivity contribution in [2.45, 2.75) is 45.6 Å². The Hall–Kier alpha value is -0.120. The zero-order valence-corrected chi connectivity index (χ0v) is 8.79. The van der Waals surface area contributed by atoms with Crippen molar-refractivity contribution in [1.82, 2.24) is 0 Å². The van der Waals surface area contributed by atoms with Crippen molar-refractivity contribution in [3.63, 3.8) is 0 Å². The molecular weight excluding hydrogens is 168 g/mol. The standard InChI is InChI=1S/C10H22O3/c1-3-6-10(13-9-11)7-5-8-12-4-2/h10-11H,3-9H2,1-2H3. The largest absolute Gasteiger partial charge is 0.382 e. The Labute approximate surface area is 81.0 Å². The van der Waals surface area contributed by atoms with Crippen LogP contribution in [0, 0.1) is 0 Å². The summed E-state index contributed by atoms with van der Waals surface area (Å²) in [5, 5.41) is 8.61. The molecule has 3 nitrogen and oxygen atoms in total. The van der Waals surface area contributed by atoms with Gasteiger partial charge in [-0.2, -0.15) is 0 Å². The van der Waals surface area contributed by atoms with Gasteiger partial charge in [-0.05, 0) is 26.2 Å². The summed E-state index contributed by atoms with van der Waals surface area (Å²) in [4.78, 5) is 0. The number of hydrogen-bond donors (Lipinski definition) is 1. The molecule has 0 saturated carbocycles. The summed E-state index contributed by atoms with van der Waals surface area (Å²) in [5.41, 5.74) is 0. The molecule has 80 valence electrons. The van der Waals surface area contributed by atoms with Crippen LogP contribution in [0.1, 0.15) is 39.5 Å². The Morgan fingerprint density at radius 2 is 2.00 bits per heavy atom. The van der Waals surface area contributed by atoms with Gasteiger partial charge in [0.15, 0.2) is 0 Å². The maximum absolute atomic E-state index is 8.61. The normalized spacial score (nSPS) is 13.2. The molecule has 0 spiro atoms. The molecule has 3 heteroatoms. The highest BCUT2D eigenvalue weighted by Gasteiger charge is 2.06. The summed E-state index contributed by atoms with van der Waals surface area (Å²) < 4.78 is 10.4. The van der Waals surface area contributed by atoms with E-state index in [0.29, 0.717) is 0 Å². The van der Waals surface area contributed by atoms with Crippen LogP contribution in [0.4, 0.5) is 0 Å². The van der Waals surface area contributed by atoms with Crippen LogP contribution in [0.2, 0.25) is 0 Å². The fourth-order valence-electron chi connectivity index (χ4n) is 1.30. The van der Waals surface area contributed by atoms with Gasteiger partial charge in [0.05, 0.1) is 6.10 Å². The lowest BCUT2D eigenvalue weighted by molar-refractivity contribution is -0.0583. The van der Waals surface area contributed by atoms with Crippen LogP contribution in [0.3, 0.4) is 0 Å². The summed E-state index contributed by atoms with van der Waals surface area (Å²) >= 11 is 0. The molecule has 0 aromatic carbocycles. The highest BCUT2D eigenvalue weighted by Crippen LogP contribution is 2.08. The zero-order valence-electron chi connectivity index (χ0n) is 8.79. The highest BCUT2D eigenvalue weighted by atomic mass is 16.6. The Morgan fingerprint density at radius 3 is 2.54 bits per heavy atom. The van der Waals surface area contributed by atoms with Gasteiger partial charge in [-0.15, -0.1) is 0 Å². The fourth-order valence-corrected chi connectivity index (χ4v) is 1.30. The molecule has 0 amide bonds. The van der Waals surface area contributed by atoms with Gasteiger partial charge >= 0.3 is 0 Å². The minimum Gasteiger partial charge on any atom is -0.382 e. The molecule has 0 aromatic heterocycles. The van der Waals surface area contributed by atoms with Crippen molar-refractivity contribution in [2.24, 2.45) is 0 Å². The molecule has 13 heavy (non-hydrogen) atoms. The molecule has 0 aliphatic heterocycles. The van der Waals surface area contributed by atoms with Gasteiger partial charge in [0.25, 0.3) is 0 Å². The van der Waals surface area contributed by atoms with Crippen LogP contribution < -0.4 is 0 Å². The zero-order chi connectivity index (χ0) is 9.94.